The Morgan fingerprint density at radius 3 is 2.68 bits per heavy atom. The summed E-state index contributed by atoms with van der Waals surface area (Å²) in [7, 11) is 0. The van der Waals surface area contributed by atoms with Crippen molar-refractivity contribution >= 4 is 28.7 Å². The Morgan fingerprint density at radius 2 is 2.04 bits per heavy atom. The second-order valence-corrected chi connectivity index (χ2v) is 5.85. The largest absolute Gasteiger partial charge is 0.480 e. The van der Waals surface area contributed by atoms with Crippen LogP contribution in [-0.2, 0) is 20.9 Å². The molecular weight excluding hydrogens is 322 g/mol. The highest BCUT2D eigenvalue weighted by Crippen LogP contribution is 2.23. The van der Waals surface area contributed by atoms with E-state index in [9.17, 15) is 9.59 Å². The number of anilines is 1. The molecule has 2 rings (SSSR count). The summed E-state index contributed by atoms with van der Waals surface area (Å²) in [5.74, 6) is -0.428. The smallest absolute Gasteiger partial charge is 0.323 e. The molecule has 1 aromatic carbocycles. The number of aliphatic carboxylic acids is 1. The van der Waals surface area contributed by atoms with Gasteiger partial charge in [-0.3, -0.25) is 9.59 Å². The van der Waals surface area contributed by atoms with E-state index in [4.69, 9.17) is 9.84 Å². The van der Waals surface area contributed by atoms with Gasteiger partial charge in [0.25, 0.3) is 0 Å². The lowest BCUT2D eigenvalue weighted by atomic mass is 10.2. The van der Waals surface area contributed by atoms with Crippen molar-refractivity contribution in [2.24, 2.45) is 0 Å². The number of fused-ring (bicyclic) bond motifs is 1. The molecule has 1 N–H and O–H groups in total. The van der Waals surface area contributed by atoms with Gasteiger partial charge < -0.3 is 19.3 Å². The molecule has 7 heteroatoms. The lowest BCUT2D eigenvalue weighted by molar-refractivity contribution is -0.143. The minimum Gasteiger partial charge on any atom is -0.480 e. The Morgan fingerprint density at radius 1 is 1.28 bits per heavy atom. The molecule has 1 heterocycles. The predicted molar refractivity (Wildman–Crippen MR) is 95.9 cm³/mol. The molecular formula is C18H25N3O4. The number of esters is 1. The molecule has 0 aliphatic heterocycles. The van der Waals surface area contributed by atoms with Crippen LogP contribution in [0, 0.1) is 6.92 Å². The number of imidazole rings is 1. The molecule has 136 valence electrons. The Labute approximate surface area is 147 Å². The van der Waals surface area contributed by atoms with Crippen molar-refractivity contribution in [1.29, 1.82) is 0 Å². The van der Waals surface area contributed by atoms with Crippen LogP contribution in [0.1, 0.15) is 32.5 Å². The van der Waals surface area contributed by atoms with E-state index in [1.165, 1.54) is 0 Å². The number of benzene rings is 1. The molecule has 1 aromatic heterocycles. The SMILES string of the molecule is CCCN(CCC(=O)OCC)c1ccc2c(c1)nc(C)n2CC(=O)O. The summed E-state index contributed by atoms with van der Waals surface area (Å²) < 4.78 is 6.68. The fourth-order valence-electron chi connectivity index (χ4n) is 2.87. The van der Waals surface area contributed by atoms with E-state index < -0.39 is 5.97 Å². The number of hydrogen-bond donors (Lipinski definition) is 1. The van der Waals surface area contributed by atoms with Gasteiger partial charge in [-0.25, -0.2) is 4.98 Å². The molecule has 0 bridgehead atoms. The average molecular weight is 347 g/mol. The van der Waals surface area contributed by atoms with Crippen molar-refractivity contribution in [2.75, 3.05) is 24.6 Å². The van der Waals surface area contributed by atoms with Crippen LogP contribution in [0.5, 0.6) is 0 Å². The summed E-state index contributed by atoms with van der Waals surface area (Å²) in [5.41, 5.74) is 2.53. The van der Waals surface area contributed by atoms with E-state index in [1.54, 1.807) is 18.4 Å². The van der Waals surface area contributed by atoms with E-state index in [2.05, 4.69) is 16.8 Å². The first-order valence-corrected chi connectivity index (χ1v) is 8.55. The van der Waals surface area contributed by atoms with Crippen LogP contribution in [0.3, 0.4) is 0 Å². The van der Waals surface area contributed by atoms with Crippen molar-refractivity contribution in [3.8, 4) is 0 Å². The van der Waals surface area contributed by atoms with Crippen LogP contribution >= 0.6 is 0 Å². The molecule has 25 heavy (non-hydrogen) atoms. The van der Waals surface area contributed by atoms with Crippen molar-refractivity contribution in [1.82, 2.24) is 9.55 Å². The van der Waals surface area contributed by atoms with Crippen molar-refractivity contribution in [3.05, 3.63) is 24.0 Å². The van der Waals surface area contributed by atoms with Gasteiger partial charge in [-0.15, -0.1) is 0 Å². The number of aromatic nitrogens is 2. The third kappa shape index (κ3) is 4.71. The van der Waals surface area contributed by atoms with E-state index in [0.717, 1.165) is 29.7 Å². The van der Waals surface area contributed by atoms with Gasteiger partial charge in [0, 0.05) is 18.8 Å². The van der Waals surface area contributed by atoms with Crippen LogP contribution in [0.25, 0.3) is 11.0 Å². The summed E-state index contributed by atoms with van der Waals surface area (Å²) >= 11 is 0. The molecule has 0 saturated heterocycles. The molecule has 0 aliphatic rings. The summed E-state index contributed by atoms with van der Waals surface area (Å²) in [6.45, 7) is 7.36. The number of ether oxygens (including phenoxy) is 1. The summed E-state index contributed by atoms with van der Waals surface area (Å²) in [6.07, 6.45) is 1.28. The molecule has 0 radical (unpaired) electrons. The Hall–Kier alpha value is -2.57. The zero-order valence-corrected chi connectivity index (χ0v) is 15.0. The highest BCUT2D eigenvalue weighted by atomic mass is 16.5. The maximum atomic E-state index is 11.6. The van der Waals surface area contributed by atoms with Gasteiger partial charge in [-0.2, -0.15) is 0 Å². The van der Waals surface area contributed by atoms with Crippen molar-refractivity contribution in [3.63, 3.8) is 0 Å². The standard InChI is InChI=1S/C18H25N3O4/c1-4-9-20(10-8-18(24)25-5-2)14-6-7-16-15(11-14)19-13(3)21(16)12-17(22)23/h6-7,11H,4-5,8-10,12H2,1-3H3,(H,22,23). The van der Waals surface area contributed by atoms with E-state index in [-0.39, 0.29) is 12.5 Å². The van der Waals surface area contributed by atoms with Crippen LogP contribution in [0.4, 0.5) is 5.69 Å². The summed E-state index contributed by atoms with van der Waals surface area (Å²) in [6, 6.07) is 5.78. The van der Waals surface area contributed by atoms with Crippen LogP contribution in [0.2, 0.25) is 0 Å². The Kier molecular flexibility index (Phi) is 6.38. The Bertz CT molecular complexity index is 754. The highest BCUT2D eigenvalue weighted by Gasteiger charge is 2.14. The van der Waals surface area contributed by atoms with Gasteiger partial charge in [0.05, 0.1) is 24.1 Å². The number of carbonyl (C=O) groups is 2. The van der Waals surface area contributed by atoms with Crippen LogP contribution < -0.4 is 4.90 Å². The van der Waals surface area contributed by atoms with Crippen LogP contribution in [0.15, 0.2) is 18.2 Å². The number of rotatable bonds is 9. The highest BCUT2D eigenvalue weighted by molar-refractivity contribution is 5.82. The third-order valence-corrected chi connectivity index (χ3v) is 3.97. The summed E-state index contributed by atoms with van der Waals surface area (Å²) in [5, 5.41) is 9.05. The number of nitrogens with zero attached hydrogens (tertiary/aromatic N) is 3. The number of hydrogen-bond acceptors (Lipinski definition) is 5. The molecule has 0 fully saturated rings. The summed E-state index contributed by atoms with van der Waals surface area (Å²) in [4.78, 5) is 29.3. The minimum absolute atomic E-state index is 0.108. The molecule has 0 aliphatic carbocycles. The second kappa shape index (κ2) is 8.50. The molecule has 0 saturated carbocycles. The minimum atomic E-state index is -0.895. The predicted octanol–water partition coefficient (Wildman–Crippen LogP) is 2.60. The molecule has 2 aromatic rings. The van der Waals surface area contributed by atoms with E-state index >= 15 is 0 Å². The van der Waals surface area contributed by atoms with Crippen LogP contribution in [-0.4, -0.2) is 46.3 Å². The first-order chi connectivity index (χ1) is 12.0. The molecule has 0 atom stereocenters. The quantitative estimate of drug-likeness (QED) is 0.702. The molecule has 0 amide bonds. The number of carboxylic acid groups (broad SMARTS) is 1. The second-order valence-electron chi connectivity index (χ2n) is 5.85. The lowest BCUT2D eigenvalue weighted by Crippen LogP contribution is -2.27. The zero-order valence-electron chi connectivity index (χ0n) is 15.0. The maximum absolute atomic E-state index is 11.6. The average Bonchev–Trinajstić information content (AvgIpc) is 2.86. The topological polar surface area (TPSA) is 84.7 Å². The molecule has 0 unspecified atom stereocenters. The van der Waals surface area contributed by atoms with Gasteiger partial charge in [-0.1, -0.05) is 6.92 Å². The molecule has 7 nitrogen and oxygen atoms in total. The number of aryl methyl sites for hydroxylation is 1. The van der Waals surface area contributed by atoms with Crippen molar-refractivity contribution in [2.45, 2.75) is 40.2 Å². The molecule has 0 spiro atoms. The number of carbonyl (C=O) groups excluding carboxylic acids is 1. The Balaban J connectivity index is 2.24. The lowest BCUT2D eigenvalue weighted by Gasteiger charge is -2.24. The van der Waals surface area contributed by atoms with Crippen molar-refractivity contribution < 1.29 is 19.4 Å². The maximum Gasteiger partial charge on any atom is 0.323 e. The normalized spacial score (nSPS) is 10.8. The zero-order chi connectivity index (χ0) is 18.4. The number of carboxylic acids is 1. The van der Waals surface area contributed by atoms with Gasteiger partial charge in [0.15, 0.2) is 0 Å². The van der Waals surface area contributed by atoms with Gasteiger partial charge >= 0.3 is 11.9 Å². The van der Waals surface area contributed by atoms with E-state index in [1.807, 2.05) is 18.2 Å². The van der Waals surface area contributed by atoms with Gasteiger partial charge in [0.2, 0.25) is 0 Å². The first kappa shape index (κ1) is 18.8. The van der Waals surface area contributed by atoms with Gasteiger partial charge in [-0.05, 0) is 38.5 Å². The fraction of sp³-hybridized carbons (Fsp3) is 0.500. The first-order valence-electron chi connectivity index (χ1n) is 8.55. The van der Waals surface area contributed by atoms with E-state index in [0.29, 0.717) is 25.4 Å². The fourth-order valence-corrected chi connectivity index (χ4v) is 2.87. The van der Waals surface area contributed by atoms with Gasteiger partial charge in [0.1, 0.15) is 12.4 Å². The third-order valence-electron chi connectivity index (χ3n) is 3.97. The monoisotopic (exact) mass is 347 g/mol.